The van der Waals surface area contributed by atoms with Crippen molar-refractivity contribution in [3.05, 3.63) is 71.6 Å². The number of anilines is 5. The lowest BCUT2D eigenvalue weighted by Gasteiger charge is -2.13. The van der Waals surface area contributed by atoms with Crippen molar-refractivity contribution in [1.82, 2.24) is 15.0 Å². The van der Waals surface area contributed by atoms with Crippen molar-refractivity contribution in [2.24, 2.45) is 0 Å². The highest BCUT2D eigenvalue weighted by atomic mass is 79.9. The third-order valence-electron chi connectivity index (χ3n) is 3.88. The monoisotopic (exact) mass is 406 g/mol. The maximum atomic E-state index is 6.27. The van der Waals surface area contributed by atoms with Gasteiger partial charge in [-0.2, -0.15) is 0 Å². The van der Waals surface area contributed by atoms with E-state index in [1.54, 1.807) is 6.20 Å². The largest absolute Gasteiger partial charge is 0.393 e. The summed E-state index contributed by atoms with van der Waals surface area (Å²) < 4.78 is 1.00. The van der Waals surface area contributed by atoms with Gasteiger partial charge in [-0.3, -0.25) is 4.98 Å². The quantitative estimate of drug-likeness (QED) is 0.448. The highest BCUT2D eigenvalue weighted by Crippen LogP contribution is 2.30. The van der Waals surface area contributed by atoms with Crippen molar-refractivity contribution in [2.45, 2.75) is 0 Å². The van der Waals surface area contributed by atoms with E-state index in [0.29, 0.717) is 17.3 Å². The molecule has 128 valence electrons. The topological polar surface area (TPSA) is 88.8 Å². The van der Waals surface area contributed by atoms with Gasteiger partial charge in [0.2, 0.25) is 0 Å². The fourth-order valence-electron chi connectivity index (χ4n) is 2.60. The summed E-state index contributed by atoms with van der Waals surface area (Å²) in [5.41, 5.74) is 9.29. The number of nitrogens with one attached hydrogen (secondary N) is 2. The second-order valence-corrected chi connectivity index (χ2v) is 6.54. The average Bonchev–Trinajstić information content (AvgIpc) is 2.67. The van der Waals surface area contributed by atoms with Crippen molar-refractivity contribution in [3.63, 3.8) is 0 Å². The highest BCUT2D eigenvalue weighted by molar-refractivity contribution is 9.10. The first-order chi connectivity index (χ1) is 12.7. The van der Waals surface area contributed by atoms with Crippen LogP contribution in [0.5, 0.6) is 0 Å². The second kappa shape index (κ2) is 6.97. The maximum Gasteiger partial charge on any atom is 0.159 e. The molecule has 0 saturated carbocycles. The van der Waals surface area contributed by atoms with Crippen molar-refractivity contribution in [1.29, 1.82) is 0 Å². The Labute approximate surface area is 158 Å². The van der Waals surface area contributed by atoms with Gasteiger partial charge in [-0.05, 0) is 36.4 Å². The number of hydrogen-bond acceptors (Lipinski definition) is 6. The summed E-state index contributed by atoms with van der Waals surface area (Å²) in [6, 6.07) is 17.6. The number of benzene rings is 2. The fraction of sp³-hybridized carbons (Fsp3) is 0. The van der Waals surface area contributed by atoms with Crippen molar-refractivity contribution < 1.29 is 0 Å². The Morgan fingerprint density at radius 3 is 2.35 bits per heavy atom. The smallest absolute Gasteiger partial charge is 0.159 e. The van der Waals surface area contributed by atoms with Crippen LogP contribution in [0.4, 0.5) is 28.7 Å². The molecule has 0 saturated heterocycles. The van der Waals surface area contributed by atoms with E-state index in [-0.39, 0.29) is 0 Å². The van der Waals surface area contributed by atoms with Crippen LogP contribution in [0, 0.1) is 0 Å². The molecule has 2 aromatic heterocycles. The van der Waals surface area contributed by atoms with Crippen molar-refractivity contribution in [2.75, 3.05) is 16.4 Å². The molecule has 0 bridgehead atoms. The van der Waals surface area contributed by atoms with Gasteiger partial charge in [0.25, 0.3) is 0 Å². The molecule has 4 N–H and O–H groups in total. The number of rotatable bonds is 4. The summed E-state index contributed by atoms with van der Waals surface area (Å²) in [7, 11) is 0. The molecule has 7 heteroatoms. The first kappa shape index (κ1) is 16.3. The molecule has 2 aromatic carbocycles. The first-order valence-electron chi connectivity index (χ1n) is 7.94. The van der Waals surface area contributed by atoms with Crippen LogP contribution in [0.3, 0.4) is 0 Å². The summed E-state index contributed by atoms with van der Waals surface area (Å²) in [5, 5.41) is 7.51. The predicted octanol–water partition coefficient (Wildman–Crippen LogP) is 4.86. The fourth-order valence-corrected chi connectivity index (χ4v) is 2.86. The lowest BCUT2D eigenvalue weighted by Crippen LogP contribution is -2.05. The third-order valence-corrected chi connectivity index (χ3v) is 4.41. The summed E-state index contributed by atoms with van der Waals surface area (Å²) >= 11 is 3.42. The van der Waals surface area contributed by atoms with Gasteiger partial charge in [0, 0.05) is 21.7 Å². The number of aromatic nitrogens is 3. The number of hydrogen-bond donors (Lipinski definition) is 3. The Kier molecular flexibility index (Phi) is 4.37. The van der Waals surface area contributed by atoms with Crippen LogP contribution in [0.15, 0.2) is 71.6 Å². The molecule has 0 radical (unpaired) electrons. The van der Waals surface area contributed by atoms with E-state index in [1.165, 1.54) is 6.33 Å². The Bertz CT molecular complexity index is 1060. The summed E-state index contributed by atoms with van der Waals surface area (Å²) in [6.07, 6.45) is 3.23. The van der Waals surface area contributed by atoms with Gasteiger partial charge in [0.1, 0.15) is 12.0 Å². The van der Waals surface area contributed by atoms with Crippen LogP contribution >= 0.6 is 15.9 Å². The van der Waals surface area contributed by atoms with Gasteiger partial charge in [-0.25, -0.2) is 9.97 Å². The van der Waals surface area contributed by atoms with Gasteiger partial charge < -0.3 is 16.4 Å². The van der Waals surface area contributed by atoms with Gasteiger partial charge >= 0.3 is 0 Å². The first-order valence-corrected chi connectivity index (χ1v) is 8.74. The molecule has 0 spiro atoms. The van der Waals surface area contributed by atoms with E-state index in [1.807, 2.05) is 54.6 Å². The van der Waals surface area contributed by atoms with Gasteiger partial charge in [-0.1, -0.05) is 34.1 Å². The van der Waals surface area contributed by atoms with E-state index in [4.69, 9.17) is 5.73 Å². The van der Waals surface area contributed by atoms with E-state index >= 15 is 0 Å². The van der Waals surface area contributed by atoms with E-state index in [9.17, 15) is 0 Å². The summed E-state index contributed by atoms with van der Waals surface area (Å²) in [4.78, 5) is 13.0. The zero-order valence-corrected chi connectivity index (χ0v) is 15.2. The molecule has 26 heavy (non-hydrogen) atoms. The molecule has 0 aliphatic carbocycles. The zero-order chi connectivity index (χ0) is 17.9. The maximum absolute atomic E-state index is 6.27. The van der Waals surface area contributed by atoms with E-state index in [2.05, 4.69) is 41.5 Å². The molecule has 2 heterocycles. The van der Waals surface area contributed by atoms with Crippen molar-refractivity contribution in [3.8, 4) is 0 Å². The number of fused-ring (bicyclic) bond motifs is 1. The molecule has 0 aliphatic rings. The average molecular weight is 407 g/mol. The summed E-state index contributed by atoms with van der Waals surface area (Å²) in [5.74, 6) is 1.07. The zero-order valence-electron chi connectivity index (χ0n) is 13.6. The molecule has 4 aromatic rings. The van der Waals surface area contributed by atoms with Gasteiger partial charge in [0.15, 0.2) is 11.6 Å². The SMILES string of the molecule is Nc1c(Nc2ccc(Br)cc2)ncnc1Nc1cccc2cccnc12. The molecule has 0 amide bonds. The van der Waals surface area contributed by atoms with E-state index < -0.39 is 0 Å². The second-order valence-electron chi connectivity index (χ2n) is 5.62. The molecule has 0 atom stereocenters. The van der Waals surface area contributed by atoms with Crippen LogP contribution in [0.1, 0.15) is 0 Å². The van der Waals surface area contributed by atoms with Crippen LogP contribution in [-0.2, 0) is 0 Å². The number of pyridine rings is 1. The highest BCUT2D eigenvalue weighted by Gasteiger charge is 2.10. The molecular formula is C19H15BrN6. The van der Waals surface area contributed by atoms with Crippen LogP contribution in [-0.4, -0.2) is 15.0 Å². The number of nitrogen functional groups attached to an aromatic ring is 1. The predicted molar refractivity (Wildman–Crippen MR) is 109 cm³/mol. The molecule has 0 unspecified atom stereocenters. The molecule has 6 nitrogen and oxygen atoms in total. The van der Waals surface area contributed by atoms with Gasteiger partial charge in [0.05, 0.1) is 11.2 Å². The third kappa shape index (κ3) is 3.29. The van der Waals surface area contributed by atoms with Crippen LogP contribution in [0.2, 0.25) is 0 Å². The van der Waals surface area contributed by atoms with Crippen LogP contribution in [0.25, 0.3) is 10.9 Å². The molecule has 0 aliphatic heterocycles. The van der Waals surface area contributed by atoms with Crippen LogP contribution < -0.4 is 16.4 Å². The standard InChI is InChI=1S/C19H15BrN6/c20-13-6-8-14(9-7-13)25-18-16(21)19(24-11-23-18)26-15-5-1-3-12-4-2-10-22-17(12)15/h1-11H,21H2,(H2,23,24,25,26). The Hall–Kier alpha value is -3.19. The lowest BCUT2D eigenvalue weighted by molar-refractivity contribution is 1.17. The Morgan fingerprint density at radius 1 is 0.808 bits per heavy atom. The minimum Gasteiger partial charge on any atom is -0.393 e. The Balaban J connectivity index is 1.66. The normalized spacial score (nSPS) is 10.7. The van der Waals surface area contributed by atoms with Gasteiger partial charge in [-0.15, -0.1) is 0 Å². The number of nitrogens with zero attached hydrogens (tertiary/aromatic N) is 3. The lowest BCUT2D eigenvalue weighted by atomic mass is 10.2. The number of para-hydroxylation sites is 1. The summed E-state index contributed by atoms with van der Waals surface area (Å²) in [6.45, 7) is 0. The molecular weight excluding hydrogens is 392 g/mol. The Morgan fingerprint density at radius 2 is 1.54 bits per heavy atom. The molecule has 0 fully saturated rings. The number of halogens is 1. The minimum atomic E-state index is 0.434. The molecule has 4 rings (SSSR count). The van der Waals surface area contributed by atoms with Crippen molar-refractivity contribution >= 4 is 55.5 Å². The van der Waals surface area contributed by atoms with E-state index in [0.717, 1.165) is 26.8 Å². The number of nitrogens with two attached hydrogens (primary N) is 1. The minimum absolute atomic E-state index is 0.434.